The summed E-state index contributed by atoms with van der Waals surface area (Å²) < 4.78 is 0. The highest BCUT2D eigenvalue weighted by atomic mass is 35.5. The van der Waals surface area contributed by atoms with Crippen molar-refractivity contribution in [3.63, 3.8) is 0 Å². The summed E-state index contributed by atoms with van der Waals surface area (Å²) in [5.74, 6) is -0.00268. The predicted octanol–water partition coefficient (Wildman–Crippen LogP) is 5.32. The smallest absolute Gasteiger partial charge is 0.173 e. The first kappa shape index (κ1) is 21.4. The average Bonchev–Trinajstić information content (AvgIpc) is 2.72. The van der Waals surface area contributed by atoms with Crippen LogP contribution < -0.4 is 5.73 Å². The molecule has 148 valence electrons. The Hall–Kier alpha value is -3.32. The Morgan fingerprint density at radius 2 is 1.83 bits per heavy atom. The van der Waals surface area contributed by atoms with Gasteiger partial charge in [0.1, 0.15) is 28.5 Å². The number of Topliss-reactive ketones (excluding diaryl/α,β-unsaturated/α-hetero) is 1. The van der Waals surface area contributed by atoms with Crippen LogP contribution in [0.4, 0.5) is 5.82 Å². The molecule has 2 N–H and O–H groups in total. The number of pyridine rings is 1. The van der Waals surface area contributed by atoms with Crippen LogP contribution in [0.25, 0.3) is 11.1 Å². The number of nitriles is 2. The first-order valence-corrected chi connectivity index (χ1v) is 10.4. The topological polar surface area (TPSA) is 104 Å². The zero-order valence-electron chi connectivity index (χ0n) is 16.4. The van der Waals surface area contributed by atoms with E-state index in [9.17, 15) is 15.3 Å². The summed E-state index contributed by atoms with van der Waals surface area (Å²) in [6, 6.07) is 16.7. The molecule has 0 unspecified atom stereocenters. The van der Waals surface area contributed by atoms with Gasteiger partial charge >= 0.3 is 0 Å². The van der Waals surface area contributed by atoms with Crippen molar-refractivity contribution in [3.8, 4) is 23.3 Å². The molecule has 0 aliphatic carbocycles. The molecule has 0 aliphatic heterocycles. The third-order valence-corrected chi connectivity index (χ3v) is 5.89. The van der Waals surface area contributed by atoms with Crippen LogP contribution in [-0.2, 0) is 0 Å². The Balaban J connectivity index is 2.04. The van der Waals surface area contributed by atoms with Crippen LogP contribution in [0.15, 0.2) is 47.5 Å². The van der Waals surface area contributed by atoms with Crippen molar-refractivity contribution in [1.29, 1.82) is 10.5 Å². The van der Waals surface area contributed by atoms with Gasteiger partial charge in [0.15, 0.2) is 5.78 Å². The summed E-state index contributed by atoms with van der Waals surface area (Å²) in [5, 5.41) is 20.1. The molecule has 0 radical (unpaired) electrons. The van der Waals surface area contributed by atoms with Crippen molar-refractivity contribution in [2.45, 2.75) is 18.9 Å². The Morgan fingerprint density at radius 1 is 1.13 bits per heavy atom. The van der Waals surface area contributed by atoms with Gasteiger partial charge in [-0.1, -0.05) is 65.3 Å². The maximum absolute atomic E-state index is 12.7. The van der Waals surface area contributed by atoms with Gasteiger partial charge in [-0.3, -0.25) is 4.79 Å². The second-order valence-electron chi connectivity index (χ2n) is 6.66. The van der Waals surface area contributed by atoms with Gasteiger partial charge in [-0.2, -0.15) is 10.5 Å². The molecule has 3 aromatic rings. The minimum absolute atomic E-state index is 0.00659. The second kappa shape index (κ2) is 9.00. The van der Waals surface area contributed by atoms with Crippen LogP contribution in [0.1, 0.15) is 32.6 Å². The van der Waals surface area contributed by atoms with Crippen molar-refractivity contribution in [2.75, 3.05) is 11.5 Å². The lowest BCUT2D eigenvalue weighted by Gasteiger charge is -2.14. The number of nitrogens with two attached hydrogens (primary N) is 1. The van der Waals surface area contributed by atoms with Crippen LogP contribution >= 0.6 is 23.4 Å². The summed E-state index contributed by atoms with van der Waals surface area (Å²) in [6.45, 7) is 3.86. The number of hydrogen-bond donors (Lipinski definition) is 1. The minimum atomic E-state index is -0.0783. The van der Waals surface area contributed by atoms with Crippen molar-refractivity contribution in [3.05, 3.63) is 75.3 Å². The predicted molar refractivity (Wildman–Crippen MR) is 119 cm³/mol. The largest absolute Gasteiger partial charge is 0.383 e. The van der Waals surface area contributed by atoms with E-state index in [1.165, 1.54) is 0 Å². The SMILES string of the molecule is Cc1ccc(C(=O)CSc2nc(N)c(C#N)c(-c3ccccc3Cl)c2C#N)c(C)c1. The van der Waals surface area contributed by atoms with E-state index < -0.39 is 0 Å². The number of thioether (sulfide) groups is 1. The van der Waals surface area contributed by atoms with E-state index in [0.29, 0.717) is 26.7 Å². The Bertz CT molecular complexity index is 1240. The number of benzene rings is 2. The summed E-state index contributed by atoms with van der Waals surface area (Å²) in [6.07, 6.45) is 0. The van der Waals surface area contributed by atoms with Crippen LogP contribution in [0.3, 0.4) is 0 Å². The molecule has 0 aliphatic rings. The number of ketones is 1. The molecule has 1 aromatic heterocycles. The molecule has 0 spiro atoms. The van der Waals surface area contributed by atoms with E-state index in [0.717, 1.165) is 22.9 Å². The van der Waals surface area contributed by atoms with Gasteiger partial charge in [0.05, 0.1) is 11.3 Å². The Kier molecular flexibility index (Phi) is 6.42. The maximum atomic E-state index is 12.7. The highest BCUT2D eigenvalue weighted by Crippen LogP contribution is 2.38. The molecule has 2 aromatic carbocycles. The monoisotopic (exact) mass is 432 g/mol. The average molecular weight is 433 g/mol. The normalized spacial score (nSPS) is 10.3. The fourth-order valence-corrected chi connectivity index (χ4v) is 4.28. The molecule has 0 amide bonds. The standard InChI is InChI=1S/C23H17ClN4OS/c1-13-7-8-15(14(2)9-13)20(29)12-30-23-18(11-26)21(17(10-25)22(27)28-23)16-5-3-4-6-19(16)24/h3-9H,12H2,1-2H3,(H2,27,28). The number of anilines is 1. The molecule has 0 saturated carbocycles. The first-order valence-electron chi connectivity index (χ1n) is 8.99. The Morgan fingerprint density at radius 3 is 2.47 bits per heavy atom. The van der Waals surface area contributed by atoms with Gasteiger partial charge in [0, 0.05) is 21.7 Å². The first-order chi connectivity index (χ1) is 14.4. The van der Waals surface area contributed by atoms with Gasteiger partial charge in [0.2, 0.25) is 0 Å². The molecule has 3 rings (SSSR count). The summed E-state index contributed by atoms with van der Waals surface area (Å²) in [5.41, 5.74) is 9.73. The molecule has 1 heterocycles. The molecule has 0 bridgehead atoms. The zero-order valence-corrected chi connectivity index (χ0v) is 17.9. The van der Waals surface area contributed by atoms with Gasteiger partial charge in [-0.05, 0) is 25.5 Å². The van der Waals surface area contributed by atoms with E-state index in [-0.39, 0.29) is 28.5 Å². The second-order valence-corrected chi connectivity index (χ2v) is 8.03. The van der Waals surface area contributed by atoms with Crippen LogP contribution in [0.2, 0.25) is 5.02 Å². The maximum Gasteiger partial charge on any atom is 0.173 e. The summed E-state index contributed by atoms with van der Waals surface area (Å²) in [4.78, 5) is 17.0. The lowest BCUT2D eigenvalue weighted by molar-refractivity contribution is 0.102. The third-order valence-electron chi connectivity index (χ3n) is 4.58. The molecule has 0 fully saturated rings. The minimum Gasteiger partial charge on any atom is -0.383 e. The van der Waals surface area contributed by atoms with Crippen LogP contribution in [0.5, 0.6) is 0 Å². The van der Waals surface area contributed by atoms with E-state index in [1.807, 2.05) is 32.0 Å². The van der Waals surface area contributed by atoms with Crippen LogP contribution in [0, 0.1) is 36.5 Å². The fourth-order valence-electron chi connectivity index (χ4n) is 3.17. The van der Waals surface area contributed by atoms with Gasteiger partial charge in [-0.25, -0.2) is 4.98 Å². The Labute approximate surface area is 184 Å². The molecule has 0 saturated heterocycles. The number of nitrogens with zero attached hydrogens (tertiary/aromatic N) is 3. The molecule has 0 atom stereocenters. The van der Waals surface area contributed by atoms with Crippen molar-refractivity contribution >= 4 is 35.0 Å². The molecular formula is C23H17ClN4OS. The highest BCUT2D eigenvalue weighted by Gasteiger charge is 2.22. The fraction of sp³-hybridized carbons (Fsp3) is 0.130. The number of rotatable bonds is 5. The number of nitrogen functional groups attached to an aromatic ring is 1. The third kappa shape index (κ3) is 4.16. The van der Waals surface area contributed by atoms with E-state index >= 15 is 0 Å². The number of carbonyl (C=O) groups excluding carboxylic acids is 1. The quantitative estimate of drug-likeness (QED) is 0.432. The molecular weight excluding hydrogens is 416 g/mol. The summed E-state index contributed by atoms with van der Waals surface area (Å²) >= 11 is 7.44. The zero-order chi connectivity index (χ0) is 21.8. The van der Waals surface area contributed by atoms with Gasteiger partial charge in [0.25, 0.3) is 0 Å². The van der Waals surface area contributed by atoms with E-state index in [2.05, 4.69) is 11.1 Å². The number of halogens is 1. The van der Waals surface area contributed by atoms with E-state index in [1.54, 1.807) is 30.3 Å². The molecule has 7 heteroatoms. The molecule has 5 nitrogen and oxygen atoms in total. The lowest BCUT2D eigenvalue weighted by atomic mass is 9.97. The number of hydrogen-bond acceptors (Lipinski definition) is 6. The van der Waals surface area contributed by atoms with Crippen molar-refractivity contribution < 1.29 is 4.79 Å². The van der Waals surface area contributed by atoms with Crippen molar-refractivity contribution in [1.82, 2.24) is 4.98 Å². The summed E-state index contributed by atoms with van der Waals surface area (Å²) in [7, 11) is 0. The number of aryl methyl sites for hydroxylation is 2. The number of carbonyl (C=O) groups is 1. The highest BCUT2D eigenvalue weighted by molar-refractivity contribution is 8.00. The van der Waals surface area contributed by atoms with Gasteiger partial charge < -0.3 is 5.73 Å². The molecule has 30 heavy (non-hydrogen) atoms. The van der Waals surface area contributed by atoms with Crippen LogP contribution in [-0.4, -0.2) is 16.5 Å². The van der Waals surface area contributed by atoms with Gasteiger partial charge in [-0.15, -0.1) is 0 Å². The van der Waals surface area contributed by atoms with E-state index in [4.69, 9.17) is 17.3 Å². The lowest BCUT2D eigenvalue weighted by Crippen LogP contribution is -2.08. The van der Waals surface area contributed by atoms with Crippen molar-refractivity contribution in [2.24, 2.45) is 0 Å². The number of aromatic nitrogens is 1.